The predicted molar refractivity (Wildman–Crippen MR) is 121 cm³/mol. The van der Waals surface area contributed by atoms with E-state index in [1.54, 1.807) is 25.3 Å². The molecule has 1 aromatic heterocycles. The second-order valence-corrected chi connectivity index (χ2v) is 10.7. The third-order valence-electron chi connectivity index (χ3n) is 5.91. The highest BCUT2D eigenvalue weighted by molar-refractivity contribution is 9.10. The van der Waals surface area contributed by atoms with E-state index in [2.05, 4.69) is 30.7 Å². The van der Waals surface area contributed by atoms with Crippen molar-refractivity contribution in [2.75, 3.05) is 38.2 Å². The Kier molecular flexibility index (Phi) is 5.03. The van der Waals surface area contributed by atoms with Crippen LogP contribution >= 0.6 is 15.9 Å². The summed E-state index contributed by atoms with van der Waals surface area (Å²) >= 11 is 3.52. The molecule has 0 amide bonds. The van der Waals surface area contributed by atoms with Gasteiger partial charge >= 0.3 is 0 Å². The number of hydrogen-bond acceptors (Lipinski definition) is 5. The monoisotopic (exact) mass is 489 g/mol. The van der Waals surface area contributed by atoms with Crippen LogP contribution < -0.4 is 15.0 Å². The number of aromatic nitrogens is 1. The standard InChI is InChI=1S/C22H24BrN3O3S/c1-29-21-7-5-17(13-20(21)25-10-8-24-9-11-25)30(27,28)22-14-26(16-3-4-16)19-12-15(23)2-6-18(19)22/h2,5-7,12-14,16,24H,3-4,8-11H2,1H3. The number of fused-ring (bicyclic) bond motifs is 1. The zero-order valence-corrected chi connectivity index (χ0v) is 19.2. The minimum Gasteiger partial charge on any atom is -0.495 e. The Hall–Kier alpha value is -2.03. The van der Waals surface area contributed by atoms with Crippen molar-refractivity contribution in [1.29, 1.82) is 0 Å². The maximum atomic E-state index is 13.7. The van der Waals surface area contributed by atoms with Crippen LogP contribution in [-0.2, 0) is 9.84 Å². The van der Waals surface area contributed by atoms with Crippen LogP contribution in [-0.4, -0.2) is 46.3 Å². The fourth-order valence-corrected chi connectivity index (χ4v) is 6.01. The van der Waals surface area contributed by atoms with Crippen molar-refractivity contribution < 1.29 is 13.2 Å². The fraction of sp³-hybridized carbons (Fsp3) is 0.364. The molecule has 1 N–H and O–H groups in total. The summed E-state index contributed by atoms with van der Waals surface area (Å²) < 4.78 is 36.1. The molecule has 6 nitrogen and oxygen atoms in total. The molecule has 2 fully saturated rings. The van der Waals surface area contributed by atoms with Gasteiger partial charge in [-0.05, 0) is 43.2 Å². The smallest absolute Gasteiger partial charge is 0.208 e. The molecule has 8 heteroatoms. The molecule has 0 atom stereocenters. The molecule has 1 saturated carbocycles. The Labute approximate surface area is 184 Å². The van der Waals surface area contributed by atoms with Crippen LogP contribution in [0.25, 0.3) is 10.9 Å². The lowest BCUT2D eigenvalue weighted by Gasteiger charge is -2.30. The Morgan fingerprint density at radius 2 is 1.87 bits per heavy atom. The zero-order chi connectivity index (χ0) is 20.9. The minimum absolute atomic E-state index is 0.301. The van der Waals surface area contributed by atoms with E-state index in [0.717, 1.165) is 60.1 Å². The van der Waals surface area contributed by atoms with Gasteiger partial charge in [0.2, 0.25) is 9.84 Å². The van der Waals surface area contributed by atoms with Crippen LogP contribution in [0, 0.1) is 0 Å². The zero-order valence-electron chi connectivity index (χ0n) is 16.8. The van der Waals surface area contributed by atoms with Crippen LogP contribution in [0.1, 0.15) is 18.9 Å². The molecule has 2 aromatic carbocycles. The van der Waals surface area contributed by atoms with Crippen molar-refractivity contribution in [3.63, 3.8) is 0 Å². The van der Waals surface area contributed by atoms with Crippen LogP contribution in [0.5, 0.6) is 5.75 Å². The highest BCUT2D eigenvalue weighted by Crippen LogP contribution is 2.42. The molecular formula is C22H24BrN3O3S. The molecule has 1 aliphatic heterocycles. The first-order valence-electron chi connectivity index (χ1n) is 10.2. The quantitative estimate of drug-likeness (QED) is 0.586. The molecule has 1 saturated heterocycles. The number of anilines is 1. The van der Waals surface area contributed by atoms with Crippen LogP contribution in [0.4, 0.5) is 5.69 Å². The summed E-state index contributed by atoms with van der Waals surface area (Å²) in [7, 11) is -2.06. The number of benzene rings is 2. The molecule has 5 rings (SSSR count). The maximum Gasteiger partial charge on any atom is 0.208 e. The van der Waals surface area contributed by atoms with E-state index in [1.807, 2.05) is 24.4 Å². The van der Waals surface area contributed by atoms with Crippen molar-refractivity contribution in [2.45, 2.75) is 28.7 Å². The first-order valence-corrected chi connectivity index (χ1v) is 12.5. The predicted octanol–water partition coefficient (Wildman–Crippen LogP) is 3.99. The van der Waals surface area contributed by atoms with Gasteiger partial charge in [-0.25, -0.2) is 8.42 Å². The Bertz CT molecular complexity index is 1210. The Morgan fingerprint density at radius 1 is 1.10 bits per heavy atom. The van der Waals surface area contributed by atoms with Gasteiger partial charge in [-0.2, -0.15) is 0 Å². The summed E-state index contributed by atoms with van der Waals surface area (Å²) in [5, 5.41) is 4.10. The van der Waals surface area contributed by atoms with Crippen molar-refractivity contribution in [3.05, 3.63) is 47.1 Å². The van der Waals surface area contributed by atoms with E-state index in [1.165, 1.54) is 0 Å². The lowest BCUT2D eigenvalue weighted by atomic mass is 10.2. The average molecular weight is 490 g/mol. The summed E-state index contributed by atoms with van der Waals surface area (Å²) in [6, 6.07) is 11.4. The number of halogens is 1. The number of rotatable bonds is 5. The lowest BCUT2D eigenvalue weighted by Crippen LogP contribution is -2.43. The van der Waals surface area contributed by atoms with Gasteiger partial charge in [0, 0.05) is 48.3 Å². The number of sulfone groups is 1. The Morgan fingerprint density at radius 3 is 2.57 bits per heavy atom. The fourth-order valence-electron chi connectivity index (χ4n) is 4.18. The molecule has 0 spiro atoms. The normalized spacial score (nSPS) is 17.5. The van der Waals surface area contributed by atoms with E-state index in [0.29, 0.717) is 21.6 Å². The van der Waals surface area contributed by atoms with E-state index < -0.39 is 9.84 Å². The topological polar surface area (TPSA) is 63.6 Å². The van der Waals surface area contributed by atoms with E-state index >= 15 is 0 Å². The van der Waals surface area contributed by atoms with Gasteiger partial charge < -0.3 is 19.5 Å². The van der Waals surface area contributed by atoms with Crippen molar-refractivity contribution in [3.8, 4) is 5.75 Å². The van der Waals surface area contributed by atoms with Crippen molar-refractivity contribution in [1.82, 2.24) is 9.88 Å². The van der Waals surface area contributed by atoms with Gasteiger partial charge in [0.05, 0.1) is 28.1 Å². The van der Waals surface area contributed by atoms with Gasteiger partial charge in [-0.1, -0.05) is 22.0 Å². The number of piperazine rings is 1. The molecule has 0 radical (unpaired) electrons. The molecule has 3 aromatic rings. The molecule has 0 unspecified atom stereocenters. The molecule has 2 heterocycles. The molecule has 2 aliphatic rings. The largest absolute Gasteiger partial charge is 0.495 e. The van der Waals surface area contributed by atoms with Crippen LogP contribution in [0.2, 0.25) is 0 Å². The molecule has 1 aliphatic carbocycles. The lowest BCUT2D eigenvalue weighted by molar-refractivity contribution is 0.412. The minimum atomic E-state index is -3.68. The number of nitrogens with zero attached hydrogens (tertiary/aromatic N) is 2. The highest BCUT2D eigenvalue weighted by atomic mass is 79.9. The van der Waals surface area contributed by atoms with Crippen molar-refractivity contribution in [2.24, 2.45) is 0 Å². The number of ether oxygens (including phenoxy) is 1. The first-order chi connectivity index (χ1) is 14.5. The average Bonchev–Trinajstić information content (AvgIpc) is 3.54. The maximum absolute atomic E-state index is 13.7. The van der Waals surface area contributed by atoms with Gasteiger partial charge in [0.1, 0.15) is 5.75 Å². The van der Waals surface area contributed by atoms with Gasteiger partial charge in [-0.3, -0.25) is 0 Å². The SMILES string of the molecule is COc1ccc(S(=O)(=O)c2cn(C3CC3)c3cc(Br)ccc23)cc1N1CCNCC1. The van der Waals surface area contributed by atoms with E-state index in [-0.39, 0.29) is 0 Å². The third kappa shape index (κ3) is 3.40. The summed E-state index contributed by atoms with van der Waals surface area (Å²) in [5.74, 6) is 0.695. The molecule has 0 bridgehead atoms. The summed E-state index contributed by atoms with van der Waals surface area (Å²) in [6.07, 6.45) is 4.00. The highest BCUT2D eigenvalue weighted by Gasteiger charge is 2.30. The molecule has 158 valence electrons. The number of hydrogen-bond donors (Lipinski definition) is 1. The van der Waals surface area contributed by atoms with Crippen LogP contribution in [0.3, 0.4) is 0 Å². The Balaban J connectivity index is 1.64. The number of methoxy groups -OCH3 is 1. The van der Waals surface area contributed by atoms with E-state index in [4.69, 9.17) is 4.74 Å². The van der Waals surface area contributed by atoms with Gasteiger partial charge in [0.15, 0.2) is 0 Å². The molecular weight excluding hydrogens is 466 g/mol. The third-order valence-corrected chi connectivity index (χ3v) is 8.18. The summed E-state index contributed by atoms with van der Waals surface area (Å²) in [6.45, 7) is 3.36. The second kappa shape index (κ2) is 7.59. The van der Waals surface area contributed by atoms with Gasteiger partial charge in [0.25, 0.3) is 0 Å². The second-order valence-electron chi connectivity index (χ2n) is 7.87. The summed E-state index contributed by atoms with van der Waals surface area (Å²) in [4.78, 5) is 2.85. The summed E-state index contributed by atoms with van der Waals surface area (Å²) in [5.41, 5.74) is 1.79. The number of nitrogens with one attached hydrogen (secondary N) is 1. The van der Waals surface area contributed by atoms with Crippen molar-refractivity contribution >= 4 is 42.4 Å². The van der Waals surface area contributed by atoms with Gasteiger partial charge in [-0.15, -0.1) is 0 Å². The first kappa shape index (κ1) is 19.9. The van der Waals surface area contributed by atoms with Crippen LogP contribution in [0.15, 0.2) is 56.9 Å². The van der Waals surface area contributed by atoms with E-state index in [9.17, 15) is 8.42 Å². The molecule has 30 heavy (non-hydrogen) atoms.